The average molecular weight is 293 g/mol. The second-order valence-corrected chi connectivity index (χ2v) is 6.86. The molecule has 0 amide bonds. The highest BCUT2D eigenvalue weighted by Crippen LogP contribution is 2.40. The van der Waals surface area contributed by atoms with Crippen LogP contribution in [0.2, 0.25) is 0 Å². The van der Waals surface area contributed by atoms with Gasteiger partial charge in [0, 0.05) is 22.8 Å². The summed E-state index contributed by atoms with van der Waals surface area (Å²) >= 11 is 1.95. The van der Waals surface area contributed by atoms with Crippen LogP contribution in [0.5, 0.6) is 0 Å². The highest BCUT2D eigenvalue weighted by atomic mass is 32.2. The summed E-state index contributed by atoms with van der Waals surface area (Å²) in [5.74, 6) is 8.78. The van der Waals surface area contributed by atoms with E-state index in [4.69, 9.17) is 10.8 Å². The zero-order valence-electron chi connectivity index (χ0n) is 12.1. The third kappa shape index (κ3) is 2.72. The Bertz CT molecular complexity index is 489. The number of aromatic nitrogens is 2. The van der Waals surface area contributed by atoms with Gasteiger partial charge < -0.3 is 10.7 Å². The minimum absolute atomic E-state index is 0.510. The predicted octanol–water partition coefficient (Wildman–Crippen LogP) is 2.64. The molecule has 0 saturated heterocycles. The Balaban J connectivity index is 1.85. The fourth-order valence-electron chi connectivity index (χ4n) is 2.89. The van der Waals surface area contributed by atoms with Crippen LogP contribution in [-0.2, 0) is 0 Å². The molecule has 2 fully saturated rings. The summed E-state index contributed by atoms with van der Waals surface area (Å²) in [6, 6.07) is 0.510. The molecule has 2 atom stereocenters. The number of rotatable bonds is 5. The molecule has 2 saturated carbocycles. The second-order valence-electron chi connectivity index (χ2n) is 5.78. The molecule has 0 aliphatic heterocycles. The summed E-state index contributed by atoms with van der Waals surface area (Å²) in [6.45, 7) is 2.03. The Hall–Kier alpha value is -1.01. The zero-order valence-corrected chi connectivity index (χ0v) is 13.0. The molecule has 1 aromatic rings. The number of anilines is 2. The van der Waals surface area contributed by atoms with Crippen molar-refractivity contribution in [3.8, 4) is 0 Å². The summed E-state index contributed by atoms with van der Waals surface area (Å²) in [4.78, 5) is 9.28. The maximum Gasteiger partial charge on any atom is 0.148 e. The first-order valence-corrected chi connectivity index (χ1v) is 8.66. The SMILES string of the molecule is CSC1CCCC1Nc1nc(C2CC2)nc(NN)c1C. The average Bonchev–Trinajstić information content (AvgIpc) is 3.21. The molecule has 2 unspecified atom stereocenters. The van der Waals surface area contributed by atoms with Crippen molar-refractivity contribution < 1.29 is 0 Å². The highest BCUT2D eigenvalue weighted by molar-refractivity contribution is 7.99. The number of nitrogens with one attached hydrogen (secondary N) is 2. The Morgan fingerprint density at radius 3 is 2.55 bits per heavy atom. The molecule has 1 aromatic heterocycles. The van der Waals surface area contributed by atoms with Crippen LogP contribution in [0.4, 0.5) is 11.6 Å². The van der Waals surface area contributed by atoms with Gasteiger partial charge in [-0.1, -0.05) is 6.42 Å². The van der Waals surface area contributed by atoms with Crippen LogP contribution in [-0.4, -0.2) is 27.5 Å². The molecule has 5 nitrogen and oxygen atoms in total. The summed E-state index contributed by atoms with van der Waals surface area (Å²) in [5, 5.41) is 4.32. The van der Waals surface area contributed by atoms with Gasteiger partial charge in [0.2, 0.25) is 0 Å². The van der Waals surface area contributed by atoms with Gasteiger partial charge in [-0.25, -0.2) is 15.8 Å². The maximum atomic E-state index is 5.60. The molecule has 2 aliphatic carbocycles. The van der Waals surface area contributed by atoms with Gasteiger partial charge in [0.1, 0.15) is 17.5 Å². The van der Waals surface area contributed by atoms with Gasteiger partial charge in [0.25, 0.3) is 0 Å². The largest absolute Gasteiger partial charge is 0.366 e. The van der Waals surface area contributed by atoms with Crippen molar-refractivity contribution in [3.63, 3.8) is 0 Å². The number of hydrazine groups is 1. The van der Waals surface area contributed by atoms with Crippen molar-refractivity contribution in [1.29, 1.82) is 0 Å². The van der Waals surface area contributed by atoms with Crippen LogP contribution in [0.15, 0.2) is 0 Å². The topological polar surface area (TPSA) is 75.9 Å². The van der Waals surface area contributed by atoms with E-state index in [9.17, 15) is 0 Å². The van der Waals surface area contributed by atoms with Gasteiger partial charge in [-0.3, -0.25) is 0 Å². The van der Waals surface area contributed by atoms with Crippen molar-refractivity contribution in [2.75, 3.05) is 17.0 Å². The maximum absolute atomic E-state index is 5.60. The van der Waals surface area contributed by atoms with Crippen LogP contribution in [0.3, 0.4) is 0 Å². The van der Waals surface area contributed by atoms with Crippen LogP contribution >= 0.6 is 11.8 Å². The van der Waals surface area contributed by atoms with Gasteiger partial charge >= 0.3 is 0 Å². The van der Waals surface area contributed by atoms with E-state index in [1.54, 1.807) is 0 Å². The van der Waals surface area contributed by atoms with E-state index < -0.39 is 0 Å². The summed E-state index contributed by atoms with van der Waals surface area (Å²) in [5.41, 5.74) is 3.73. The van der Waals surface area contributed by atoms with Crippen LogP contribution in [0, 0.1) is 6.92 Å². The molecule has 1 heterocycles. The minimum Gasteiger partial charge on any atom is -0.366 e. The highest BCUT2D eigenvalue weighted by Gasteiger charge is 2.30. The lowest BCUT2D eigenvalue weighted by atomic mass is 10.2. The Morgan fingerprint density at radius 1 is 1.15 bits per heavy atom. The quantitative estimate of drug-likeness (QED) is 0.572. The molecule has 6 heteroatoms. The first-order chi connectivity index (χ1) is 9.72. The Morgan fingerprint density at radius 2 is 1.90 bits per heavy atom. The normalized spacial score (nSPS) is 25.8. The fourth-order valence-corrected chi connectivity index (χ4v) is 3.82. The first-order valence-electron chi connectivity index (χ1n) is 7.37. The van der Waals surface area contributed by atoms with E-state index in [0.29, 0.717) is 17.2 Å². The zero-order chi connectivity index (χ0) is 14.1. The van der Waals surface area contributed by atoms with E-state index >= 15 is 0 Å². The number of nitrogen functional groups attached to an aromatic ring is 1. The van der Waals surface area contributed by atoms with E-state index in [1.807, 2.05) is 18.7 Å². The van der Waals surface area contributed by atoms with Crippen molar-refractivity contribution in [3.05, 3.63) is 11.4 Å². The number of thioether (sulfide) groups is 1. The predicted molar refractivity (Wildman–Crippen MR) is 85.1 cm³/mol. The Labute approximate surface area is 124 Å². The molecule has 2 aliphatic rings. The van der Waals surface area contributed by atoms with Gasteiger partial charge in [-0.2, -0.15) is 11.8 Å². The molecule has 20 heavy (non-hydrogen) atoms. The minimum atomic E-state index is 0.510. The van der Waals surface area contributed by atoms with Crippen molar-refractivity contribution in [2.24, 2.45) is 5.84 Å². The van der Waals surface area contributed by atoms with Crippen molar-refractivity contribution >= 4 is 23.4 Å². The van der Waals surface area contributed by atoms with Crippen molar-refractivity contribution in [1.82, 2.24) is 9.97 Å². The summed E-state index contributed by atoms with van der Waals surface area (Å²) in [6.07, 6.45) is 8.40. The number of nitrogens with zero attached hydrogens (tertiary/aromatic N) is 2. The molecule has 0 spiro atoms. The standard InChI is InChI=1S/C14H23N5S/c1-8-12(16-10-4-3-5-11(10)20-2)17-14(9-6-7-9)18-13(8)19-15/h9-11H,3-7,15H2,1-2H3,(H2,16,17,18,19). The molecule has 0 radical (unpaired) electrons. The van der Waals surface area contributed by atoms with Gasteiger partial charge in [-0.15, -0.1) is 0 Å². The molecule has 4 N–H and O–H groups in total. The molecular formula is C14H23N5S. The Kier molecular flexibility index (Phi) is 4.03. The summed E-state index contributed by atoms with van der Waals surface area (Å²) in [7, 11) is 0. The monoisotopic (exact) mass is 293 g/mol. The van der Waals surface area contributed by atoms with Crippen LogP contribution < -0.4 is 16.6 Å². The summed E-state index contributed by atoms with van der Waals surface area (Å²) < 4.78 is 0. The van der Waals surface area contributed by atoms with Crippen molar-refractivity contribution in [2.45, 2.75) is 56.2 Å². The molecule has 0 aromatic carbocycles. The van der Waals surface area contributed by atoms with Crippen LogP contribution in [0.1, 0.15) is 49.4 Å². The molecular weight excluding hydrogens is 270 g/mol. The van der Waals surface area contributed by atoms with Gasteiger partial charge in [0.15, 0.2) is 0 Å². The molecule has 3 rings (SSSR count). The third-order valence-electron chi connectivity index (χ3n) is 4.32. The fraction of sp³-hybridized carbons (Fsp3) is 0.714. The number of nitrogens with two attached hydrogens (primary N) is 1. The van der Waals surface area contributed by atoms with Gasteiger partial charge in [0.05, 0.1) is 0 Å². The first kappa shape index (κ1) is 13.9. The second kappa shape index (κ2) is 5.77. The number of hydrogen-bond donors (Lipinski definition) is 3. The van der Waals surface area contributed by atoms with E-state index in [0.717, 1.165) is 23.0 Å². The smallest absolute Gasteiger partial charge is 0.148 e. The third-order valence-corrected chi connectivity index (χ3v) is 5.49. The van der Waals surface area contributed by atoms with E-state index in [2.05, 4.69) is 22.0 Å². The molecule has 0 bridgehead atoms. The van der Waals surface area contributed by atoms with Gasteiger partial charge in [-0.05, 0) is 38.9 Å². The lowest BCUT2D eigenvalue weighted by Gasteiger charge is -2.22. The lowest BCUT2D eigenvalue weighted by molar-refractivity contribution is 0.757. The number of hydrogen-bond acceptors (Lipinski definition) is 6. The van der Waals surface area contributed by atoms with E-state index in [-0.39, 0.29) is 0 Å². The molecule has 110 valence electrons. The van der Waals surface area contributed by atoms with Crippen LogP contribution in [0.25, 0.3) is 0 Å². The van der Waals surface area contributed by atoms with E-state index in [1.165, 1.54) is 32.1 Å². The lowest BCUT2D eigenvalue weighted by Crippen LogP contribution is -2.27.